The zero-order chi connectivity index (χ0) is 9.26. The second kappa shape index (κ2) is 4.61. The molecule has 2 aromatic rings. The predicted molar refractivity (Wildman–Crippen MR) is 67.1 cm³/mol. The second-order valence-electron chi connectivity index (χ2n) is 3.85. The molecule has 76 valence electrons. The molecule has 0 fully saturated rings. The van der Waals surface area contributed by atoms with Gasteiger partial charge in [0.2, 0.25) is 0 Å². The van der Waals surface area contributed by atoms with Gasteiger partial charge in [0, 0.05) is 9.58 Å². The zero-order valence-electron chi connectivity index (χ0n) is 8.08. The molecule has 0 saturated carbocycles. The lowest BCUT2D eigenvalue weighted by atomic mass is 10.1. The van der Waals surface area contributed by atoms with Gasteiger partial charge in [-0.2, -0.15) is 0 Å². The Hall–Kier alpha value is -0.820. The summed E-state index contributed by atoms with van der Waals surface area (Å²) in [6, 6.07) is 10.9. The number of hydrogen-bond acceptors (Lipinski definition) is 1. The maximum Gasteiger partial charge on any atom is 0.0345 e. The van der Waals surface area contributed by atoms with Crippen LogP contribution in [0.3, 0.4) is 0 Å². The molecule has 0 aliphatic rings. The van der Waals surface area contributed by atoms with E-state index in [4.69, 9.17) is 0 Å². The predicted octanol–water partition coefficient (Wildman–Crippen LogP) is 4.74. The third-order valence-electron chi connectivity index (χ3n) is 2.09. The van der Waals surface area contributed by atoms with Crippen LogP contribution < -0.4 is 0 Å². The highest BCUT2D eigenvalue weighted by atomic mass is 32.1. The molecule has 0 aliphatic heterocycles. The molecule has 1 heteroatoms. The summed E-state index contributed by atoms with van der Waals surface area (Å²) in [5, 5.41) is 1.39. The number of thiophene rings is 1. The third-order valence-corrected chi connectivity index (χ3v) is 3.22. The van der Waals surface area contributed by atoms with Crippen molar-refractivity contribution in [3.63, 3.8) is 0 Å². The van der Waals surface area contributed by atoms with Crippen LogP contribution in [0.1, 0.15) is 26.2 Å². The Morgan fingerprint density at radius 1 is 1.21 bits per heavy atom. The molecule has 0 atom stereocenters. The Balaban J connectivity index is 0.000000980. The van der Waals surface area contributed by atoms with Gasteiger partial charge in [0.05, 0.1) is 0 Å². The third kappa shape index (κ3) is 2.36. The van der Waals surface area contributed by atoms with E-state index >= 15 is 0 Å². The standard InChI is InChI=1S/C12H14S.CH4/c1-9(2)7-11-8-10-5-3-4-6-12(10)13-11;/h3-6,8-9H,7H2,1-2H3;1H4. The molecule has 1 aromatic carbocycles. The van der Waals surface area contributed by atoms with Crippen molar-refractivity contribution < 1.29 is 0 Å². The molecular formula is C13H18S. The highest BCUT2D eigenvalue weighted by Crippen LogP contribution is 2.26. The van der Waals surface area contributed by atoms with Gasteiger partial charge in [-0.05, 0) is 29.9 Å². The van der Waals surface area contributed by atoms with Crippen molar-refractivity contribution >= 4 is 21.4 Å². The number of fused-ring (bicyclic) bond motifs is 1. The first-order valence-corrected chi connectivity index (χ1v) is 5.55. The van der Waals surface area contributed by atoms with Crippen molar-refractivity contribution in [2.24, 2.45) is 5.92 Å². The molecule has 14 heavy (non-hydrogen) atoms. The summed E-state index contributed by atoms with van der Waals surface area (Å²) >= 11 is 1.93. The lowest BCUT2D eigenvalue weighted by Gasteiger charge is -1.98. The van der Waals surface area contributed by atoms with E-state index in [2.05, 4.69) is 44.2 Å². The lowest BCUT2D eigenvalue weighted by Crippen LogP contribution is -1.89. The average molecular weight is 206 g/mol. The topological polar surface area (TPSA) is 0 Å². The smallest absolute Gasteiger partial charge is 0.0345 e. The summed E-state index contributed by atoms with van der Waals surface area (Å²) in [6.07, 6.45) is 1.21. The van der Waals surface area contributed by atoms with Gasteiger partial charge in [0.1, 0.15) is 0 Å². The fraction of sp³-hybridized carbons (Fsp3) is 0.385. The van der Waals surface area contributed by atoms with Gasteiger partial charge in [-0.25, -0.2) is 0 Å². The largest absolute Gasteiger partial charge is 0.140 e. The maximum atomic E-state index is 2.32. The Kier molecular flexibility index (Phi) is 3.70. The average Bonchev–Trinajstić information content (AvgIpc) is 2.44. The molecule has 2 rings (SSSR count). The molecule has 0 bridgehead atoms. The van der Waals surface area contributed by atoms with Gasteiger partial charge in [0.15, 0.2) is 0 Å². The van der Waals surface area contributed by atoms with Crippen molar-refractivity contribution in [3.05, 3.63) is 35.2 Å². The van der Waals surface area contributed by atoms with E-state index in [9.17, 15) is 0 Å². The summed E-state index contributed by atoms with van der Waals surface area (Å²) < 4.78 is 1.41. The Morgan fingerprint density at radius 2 is 1.93 bits per heavy atom. The summed E-state index contributed by atoms with van der Waals surface area (Å²) in [6.45, 7) is 4.54. The van der Waals surface area contributed by atoms with Gasteiger partial charge in [-0.1, -0.05) is 39.5 Å². The SMILES string of the molecule is C.CC(C)Cc1cc2ccccc2s1. The van der Waals surface area contributed by atoms with Crippen molar-refractivity contribution in [2.45, 2.75) is 27.7 Å². The van der Waals surface area contributed by atoms with Gasteiger partial charge in [0.25, 0.3) is 0 Å². The van der Waals surface area contributed by atoms with Crippen LogP contribution in [-0.2, 0) is 6.42 Å². The minimum atomic E-state index is 0. The summed E-state index contributed by atoms with van der Waals surface area (Å²) in [4.78, 5) is 1.51. The summed E-state index contributed by atoms with van der Waals surface area (Å²) in [7, 11) is 0. The van der Waals surface area contributed by atoms with Crippen molar-refractivity contribution in [1.29, 1.82) is 0 Å². The number of benzene rings is 1. The van der Waals surface area contributed by atoms with Gasteiger partial charge >= 0.3 is 0 Å². The van der Waals surface area contributed by atoms with Crippen LogP contribution in [0.4, 0.5) is 0 Å². The first-order chi connectivity index (χ1) is 6.25. The van der Waals surface area contributed by atoms with Crippen LogP contribution in [0, 0.1) is 5.92 Å². The Morgan fingerprint density at radius 3 is 2.57 bits per heavy atom. The molecular weight excluding hydrogens is 188 g/mol. The molecule has 0 aliphatic carbocycles. The zero-order valence-corrected chi connectivity index (χ0v) is 8.90. The molecule has 0 amide bonds. The molecule has 1 heterocycles. The second-order valence-corrected chi connectivity index (χ2v) is 5.02. The van der Waals surface area contributed by atoms with Crippen LogP contribution in [0.25, 0.3) is 10.1 Å². The minimum Gasteiger partial charge on any atom is -0.140 e. The van der Waals surface area contributed by atoms with Gasteiger partial charge in [-0.15, -0.1) is 11.3 Å². The highest BCUT2D eigenvalue weighted by Gasteiger charge is 2.02. The van der Waals surface area contributed by atoms with Gasteiger partial charge in [-0.3, -0.25) is 0 Å². The van der Waals surface area contributed by atoms with E-state index in [0.29, 0.717) is 0 Å². The normalized spacial score (nSPS) is 10.5. The van der Waals surface area contributed by atoms with E-state index in [1.807, 2.05) is 11.3 Å². The van der Waals surface area contributed by atoms with Crippen LogP contribution in [0.5, 0.6) is 0 Å². The first kappa shape index (κ1) is 11.3. The van der Waals surface area contributed by atoms with Gasteiger partial charge < -0.3 is 0 Å². The van der Waals surface area contributed by atoms with Crippen LogP contribution in [0.2, 0.25) is 0 Å². The van der Waals surface area contributed by atoms with E-state index in [1.165, 1.54) is 21.4 Å². The number of hydrogen-bond donors (Lipinski definition) is 0. The quantitative estimate of drug-likeness (QED) is 0.666. The van der Waals surface area contributed by atoms with Crippen molar-refractivity contribution in [3.8, 4) is 0 Å². The molecule has 0 spiro atoms. The molecule has 0 nitrogen and oxygen atoms in total. The van der Waals surface area contributed by atoms with E-state index < -0.39 is 0 Å². The molecule has 0 unspecified atom stereocenters. The minimum absolute atomic E-state index is 0. The van der Waals surface area contributed by atoms with E-state index in [0.717, 1.165) is 5.92 Å². The Bertz CT molecular complexity index is 365. The fourth-order valence-electron chi connectivity index (χ4n) is 1.54. The monoisotopic (exact) mass is 206 g/mol. The lowest BCUT2D eigenvalue weighted by molar-refractivity contribution is 0.654. The first-order valence-electron chi connectivity index (χ1n) is 4.73. The maximum absolute atomic E-state index is 2.32. The number of rotatable bonds is 2. The van der Waals surface area contributed by atoms with Crippen LogP contribution >= 0.6 is 11.3 Å². The van der Waals surface area contributed by atoms with Crippen LogP contribution in [0.15, 0.2) is 30.3 Å². The summed E-state index contributed by atoms with van der Waals surface area (Å²) in [5.74, 6) is 0.757. The molecule has 0 radical (unpaired) electrons. The summed E-state index contributed by atoms with van der Waals surface area (Å²) in [5.41, 5.74) is 0. The Labute approximate surface area is 90.6 Å². The van der Waals surface area contributed by atoms with E-state index in [-0.39, 0.29) is 7.43 Å². The van der Waals surface area contributed by atoms with Crippen molar-refractivity contribution in [2.75, 3.05) is 0 Å². The molecule has 1 aromatic heterocycles. The van der Waals surface area contributed by atoms with E-state index in [1.54, 1.807) is 0 Å². The molecule has 0 saturated heterocycles. The van der Waals surface area contributed by atoms with Crippen molar-refractivity contribution in [1.82, 2.24) is 0 Å². The fourth-order valence-corrected chi connectivity index (χ4v) is 2.82. The van der Waals surface area contributed by atoms with Crippen LogP contribution in [-0.4, -0.2) is 0 Å². The highest BCUT2D eigenvalue weighted by molar-refractivity contribution is 7.19. The molecule has 0 N–H and O–H groups in total.